The molecule has 2 unspecified atom stereocenters. The summed E-state index contributed by atoms with van der Waals surface area (Å²) in [7, 11) is 0. The number of β-lactam (4-membered cyclic amide) rings is 1. The van der Waals surface area contributed by atoms with Gasteiger partial charge < -0.3 is 25.0 Å². The third-order valence-corrected chi connectivity index (χ3v) is 5.41. The van der Waals surface area contributed by atoms with Crippen LogP contribution >= 0.6 is 0 Å². The molecule has 0 spiro atoms. The van der Waals surface area contributed by atoms with Gasteiger partial charge in [-0.15, -0.1) is 0 Å². The van der Waals surface area contributed by atoms with Crippen LogP contribution in [0.3, 0.4) is 0 Å². The van der Waals surface area contributed by atoms with E-state index in [0.717, 1.165) is 15.4 Å². The van der Waals surface area contributed by atoms with Gasteiger partial charge in [0.25, 0.3) is 11.8 Å². The fraction of sp³-hybridized carbons (Fsp3) is 0.273. The van der Waals surface area contributed by atoms with E-state index in [-0.39, 0.29) is 13.2 Å². The predicted molar refractivity (Wildman–Crippen MR) is 108 cm³/mol. The van der Waals surface area contributed by atoms with Gasteiger partial charge in [0.15, 0.2) is 6.61 Å². The first kappa shape index (κ1) is 20.4. The van der Waals surface area contributed by atoms with Crippen LogP contribution in [0.25, 0.3) is 0 Å². The highest BCUT2D eigenvalue weighted by Crippen LogP contribution is 2.33. The summed E-state index contributed by atoms with van der Waals surface area (Å²) in [5.41, 5.74) is 1.30. The Hall–Kier alpha value is -3.88. The van der Waals surface area contributed by atoms with E-state index >= 15 is 0 Å². The van der Waals surface area contributed by atoms with Gasteiger partial charge in [0.05, 0.1) is 6.04 Å². The first-order chi connectivity index (χ1) is 14.9. The van der Waals surface area contributed by atoms with Gasteiger partial charge in [-0.1, -0.05) is 35.9 Å². The van der Waals surface area contributed by atoms with Gasteiger partial charge in [0.1, 0.15) is 11.8 Å². The Morgan fingerprint density at radius 2 is 1.77 bits per heavy atom. The van der Waals surface area contributed by atoms with E-state index in [4.69, 9.17) is 4.74 Å². The molecule has 2 saturated heterocycles. The van der Waals surface area contributed by atoms with Crippen molar-refractivity contribution in [1.29, 1.82) is 0 Å². The SMILES string of the molecule is Cc1ccc(C(=O)N2CC3[C@@H](NC(=O)COc4ccccc4)C(=O)N3C2C(=O)O)cc1. The molecule has 0 bridgehead atoms. The maximum absolute atomic E-state index is 12.9. The quantitative estimate of drug-likeness (QED) is 0.659. The number of hydrogen-bond acceptors (Lipinski definition) is 5. The van der Waals surface area contributed by atoms with Crippen LogP contribution in [0.15, 0.2) is 54.6 Å². The molecule has 160 valence electrons. The number of carbonyl (C=O) groups excluding carboxylic acids is 3. The highest BCUT2D eigenvalue weighted by atomic mass is 16.5. The van der Waals surface area contributed by atoms with Crippen LogP contribution < -0.4 is 10.1 Å². The number of rotatable bonds is 6. The fourth-order valence-corrected chi connectivity index (χ4v) is 3.86. The smallest absolute Gasteiger partial charge is 0.347 e. The number of para-hydroxylation sites is 1. The molecule has 2 heterocycles. The Balaban J connectivity index is 1.43. The number of fused-ring (bicyclic) bond motifs is 1. The maximum atomic E-state index is 12.9. The summed E-state index contributed by atoms with van der Waals surface area (Å²) in [6, 6.07) is 14.0. The molecule has 0 saturated carbocycles. The molecule has 2 fully saturated rings. The molecule has 0 aliphatic carbocycles. The molecule has 2 aromatic carbocycles. The van der Waals surface area contributed by atoms with Crippen molar-refractivity contribution >= 4 is 23.7 Å². The zero-order valence-electron chi connectivity index (χ0n) is 16.7. The van der Waals surface area contributed by atoms with Gasteiger partial charge in [-0.3, -0.25) is 14.4 Å². The topological polar surface area (TPSA) is 116 Å². The molecule has 4 rings (SSSR count). The lowest BCUT2D eigenvalue weighted by molar-refractivity contribution is -0.163. The average molecular weight is 423 g/mol. The van der Waals surface area contributed by atoms with Gasteiger partial charge in [0.2, 0.25) is 12.1 Å². The molecule has 0 aromatic heterocycles. The Morgan fingerprint density at radius 1 is 1.10 bits per heavy atom. The highest BCUT2D eigenvalue weighted by Gasteiger charge is 2.61. The summed E-state index contributed by atoms with van der Waals surface area (Å²) < 4.78 is 5.37. The summed E-state index contributed by atoms with van der Waals surface area (Å²) in [6.45, 7) is 1.61. The molecule has 2 N–H and O–H groups in total. The number of carbonyl (C=O) groups is 4. The number of aryl methyl sites for hydroxylation is 1. The van der Waals surface area contributed by atoms with E-state index in [1.165, 1.54) is 0 Å². The number of benzene rings is 2. The van der Waals surface area contributed by atoms with E-state index in [1.807, 2.05) is 13.0 Å². The summed E-state index contributed by atoms with van der Waals surface area (Å²) >= 11 is 0. The standard InChI is InChI=1S/C22H21N3O6/c1-13-7-9-14(10-8-13)20(27)24-11-16-18(21(28)25(16)19(24)22(29)30)23-17(26)12-31-15-5-3-2-4-6-15/h2-10,16,18-19H,11-12H2,1H3,(H,23,26)(H,29,30)/t16?,18-,19?/m1/s1. The Kier molecular flexibility index (Phi) is 5.33. The molecular weight excluding hydrogens is 402 g/mol. The van der Waals surface area contributed by atoms with Gasteiger partial charge in [0, 0.05) is 12.1 Å². The van der Waals surface area contributed by atoms with Crippen molar-refractivity contribution in [2.24, 2.45) is 0 Å². The van der Waals surface area contributed by atoms with Crippen molar-refractivity contribution < 1.29 is 29.0 Å². The average Bonchev–Trinajstić information content (AvgIpc) is 3.13. The second-order valence-corrected chi connectivity index (χ2v) is 7.50. The van der Waals surface area contributed by atoms with Crippen LogP contribution in [0.1, 0.15) is 15.9 Å². The van der Waals surface area contributed by atoms with Crippen LogP contribution in [0.4, 0.5) is 0 Å². The van der Waals surface area contributed by atoms with Crippen LogP contribution in [-0.4, -0.2) is 70.0 Å². The van der Waals surface area contributed by atoms with Gasteiger partial charge in [-0.05, 0) is 31.2 Å². The predicted octanol–water partition coefficient (Wildman–Crippen LogP) is 0.636. The summed E-state index contributed by atoms with van der Waals surface area (Å²) in [6.07, 6.45) is -1.40. The molecule has 0 radical (unpaired) electrons. The maximum Gasteiger partial charge on any atom is 0.347 e. The highest BCUT2D eigenvalue weighted by molar-refractivity contribution is 6.02. The summed E-state index contributed by atoms with van der Waals surface area (Å²) in [5, 5.41) is 12.2. The lowest BCUT2D eigenvalue weighted by atomic mass is 9.96. The van der Waals surface area contributed by atoms with Crippen LogP contribution in [0, 0.1) is 6.92 Å². The lowest BCUT2D eigenvalue weighted by Crippen LogP contribution is -2.71. The number of carboxylic acids is 1. The number of hydrogen-bond donors (Lipinski definition) is 2. The zero-order chi connectivity index (χ0) is 22.1. The Morgan fingerprint density at radius 3 is 2.42 bits per heavy atom. The van der Waals surface area contributed by atoms with E-state index < -0.39 is 41.9 Å². The van der Waals surface area contributed by atoms with E-state index in [0.29, 0.717) is 11.3 Å². The van der Waals surface area contributed by atoms with Crippen molar-refractivity contribution in [3.05, 3.63) is 65.7 Å². The number of aliphatic carboxylic acids is 1. The van der Waals surface area contributed by atoms with Gasteiger partial charge >= 0.3 is 5.97 Å². The van der Waals surface area contributed by atoms with E-state index in [9.17, 15) is 24.3 Å². The molecule has 9 heteroatoms. The van der Waals surface area contributed by atoms with Crippen LogP contribution in [0.2, 0.25) is 0 Å². The van der Waals surface area contributed by atoms with Crippen molar-refractivity contribution in [2.75, 3.05) is 13.2 Å². The molecular formula is C22H21N3O6. The van der Waals surface area contributed by atoms with E-state index in [1.54, 1.807) is 48.5 Å². The molecule has 2 aliphatic rings. The lowest BCUT2D eigenvalue weighted by Gasteiger charge is -2.43. The fourth-order valence-electron chi connectivity index (χ4n) is 3.86. The second kappa shape index (κ2) is 8.10. The van der Waals surface area contributed by atoms with E-state index in [2.05, 4.69) is 5.32 Å². The van der Waals surface area contributed by atoms with Crippen LogP contribution in [-0.2, 0) is 14.4 Å². The summed E-state index contributed by atoms with van der Waals surface area (Å²) in [5.74, 6) is -2.30. The second-order valence-electron chi connectivity index (χ2n) is 7.50. The summed E-state index contributed by atoms with van der Waals surface area (Å²) in [4.78, 5) is 51.8. The molecule has 3 amide bonds. The number of nitrogens with one attached hydrogen (secondary N) is 1. The minimum Gasteiger partial charge on any atom is -0.484 e. The van der Waals surface area contributed by atoms with Crippen molar-refractivity contribution in [1.82, 2.24) is 15.1 Å². The molecule has 9 nitrogen and oxygen atoms in total. The van der Waals surface area contributed by atoms with Crippen molar-refractivity contribution in [2.45, 2.75) is 25.2 Å². The zero-order valence-corrected chi connectivity index (χ0v) is 16.7. The first-order valence-corrected chi connectivity index (χ1v) is 9.76. The van der Waals surface area contributed by atoms with Crippen LogP contribution in [0.5, 0.6) is 5.75 Å². The largest absolute Gasteiger partial charge is 0.484 e. The first-order valence-electron chi connectivity index (χ1n) is 9.76. The van der Waals surface area contributed by atoms with Gasteiger partial charge in [-0.2, -0.15) is 0 Å². The number of carboxylic acid groups (broad SMARTS) is 1. The van der Waals surface area contributed by atoms with Gasteiger partial charge in [-0.25, -0.2) is 4.79 Å². The van der Waals surface area contributed by atoms with Crippen molar-refractivity contribution in [3.63, 3.8) is 0 Å². The molecule has 31 heavy (non-hydrogen) atoms. The number of nitrogens with zero attached hydrogens (tertiary/aromatic N) is 2. The molecule has 2 aromatic rings. The normalized spacial score (nSPS) is 21.8. The number of ether oxygens (including phenoxy) is 1. The minimum atomic E-state index is -1.40. The number of amides is 3. The third-order valence-electron chi connectivity index (χ3n) is 5.41. The molecule has 2 aliphatic heterocycles. The Labute approximate surface area is 178 Å². The third kappa shape index (κ3) is 3.81. The molecule has 3 atom stereocenters. The Bertz CT molecular complexity index is 1020. The minimum absolute atomic E-state index is 0.0138. The monoisotopic (exact) mass is 423 g/mol. The van der Waals surface area contributed by atoms with Crippen molar-refractivity contribution in [3.8, 4) is 5.75 Å².